The average molecular weight is 322 g/mol. The number of ether oxygens (including phenoxy) is 1. The lowest BCUT2D eigenvalue weighted by molar-refractivity contribution is 0.162. The van der Waals surface area contributed by atoms with Gasteiger partial charge in [0.25, 0.3) is 10.2 Å². The minimum absolute atomic E-state index is 0.0625. The number of hydrogen-bond acceptors (Lipinski definition) is 5. The van der Waals surface area contributed by atoms with E-state index in [4.69, 9.17) is 4.74 Å². The van der Waals surface area contributed by atoms with Gasteiger partial charge in [0.1, 0.15) is 0 Å². The number of nitrogens with one attached hydrogen (secondary N) is 2. The molecule has 1 aliphatic heterocycles. The quantitative estimate of drug-likeness (QED) is 0.566. The molecule has 1 unspecified atom stereocenters. The number of nitrogens with zero attached hydrogens (tertiary/aromatic N) is 2. The van der Waals surface area contributed by atoms with Crippen molar-refractivity contribution in [1.29, 1.82) is 0 Å². The average Bonchev–Trinajstić information content (AvgIpc) is 2.45. The molecule has 0 radical (unpaired) electrons. The van der Waals surface area contributed by atoms with Gasteiger partial charge in [-0.2, -0.15) is 12.7 Å². The van der Waals surface area contributed by atoms with Crippen molar-refractivity contribution in [2.45, 2.75) is 25.3 Å². The highest BCUT2D eigenvalue weighted by molar-refractivity contribution is 7.87. The third kappa shape index (κ3) is 6.58. The van der Waals surface area contributed by atoms with Gasteiger partial charge in [-0.3, -0.25) is 0 Å². The Bertz CT molecular complexity index is 376. The molecule has 1 heterocycles. The van der Waals surface area contributed by atoms with Gasteiger partial charge in [0, 0.05) is 45.9 Å². The number of methoxy groups -OCH3 is 1. The molecule has 0 amide bonds. The Morgan fingerprint density at radius 3 is 2.76 bits per heavy atom. The predicted molar refractivity (Wildman–Crippen MR) is 84.6 cm³/mol. The van der Waals surface area contributed by atoms with E-state index in [1.165, 1.54) is 0 Å². The molecular formula is C13H30N4O3S. The van der Waals surface area contributed by atoms with Crippen LogP contribution in [0, 0.1) is 0 Å². The van der Waals surface area contributed by atoms with Gasteiger partial charge in [0.2, 0.25) is 0 Å². The normalized spacial score (nSPS) is 21.0. The lowest BCUT2D eigenvalue weighted by Gasteiger charge is -2.34. The van der Waals surface area contributed by atoms with E-state index in [-0.39, 0.29) is 6.04 Å². The van der Waals surface area contributed by atoms with E-state index in [9.17, 15) is 8.42 Å². The maximum Gasteiger partial charge on any atom is 0.279 e. The molecule has 126 valence electrons. The summed E-state index contributed by atoms with van der Waals surface area (Å²) in [7, 11) is 2.09. The molecule has 7 nitrogen and oxygen atoms in total. The highest BCUT2D eigenvalue weighted by Gasteiger charge is 2.31. The summed E-state index contributed by atoms with van der Waals surface area (Å²) in [4.78, 5) is 2.05. The molecule has 0 saturated carbocycles. The molecule has 21 heavy (non-hydrogen) atoms. The Kier molecular flexibility index (Phi) is 8.69. The van der Waals surface area contributed by atoms with Crippen LogP contribution in [0.1, 0.15) is 19.3 Å². The molecule has 1 rings (SSSR count). The first-order valence-corrected chi connectivity index (χ1v) is 9.03. The van der Waals surface area contributed by atoms with Crippen molar-refractivity contribution in [2.24, 2.45) is 0 Å². The van der Waals surface area contributed by atoms with E-state index in [1.807, 2.05) is 19.0 Å². The summed E-state index contributed by atoms with van der Waals surface area (Å²) in [6.45, 7) is 3.86. The van der Waals surface area contributed by atoms with Gasteiger partial charge in [-0.15, -0.1) is 0 Å². The Morgan fingerprint density at radius 1 is 1.33 bits per heavy atom. The number of hydrogen-bond donors (Lipinski definition) is 2. The standard InChI is InChI=1S/C13H30N4O3S/c1-14-12-13-6-4-5-8-17(13)21(18,19)15-7-9-16(2)10-11-20-3/h13-15H,4-12H2,1-3H3. The van der Waals surface area contributed by atoms with Crippen molar-refractivity contribution >= 4 is 10.2 Å². The summed E-state index contributed by atoms with van der Waals surface area (Å²) in [5.41, 5.74) is 0. The molecule has 1 saturated heterocycles. The number of rotatable bonds is 10. The van der Waals surface area contributed by atoms with Gasteiger partial charge in [0.05, 0.1) is 6.61 Å². The minimum atomic E-state index is -3.39. The third-order valence-electron chi connectivity index (χ3n) is 3.78. The molecular weight excluding hydrogens is 292 g/mol. The molecule has 1 atom stereocenters. The summed E-state index contributed by atoms with van der Waals surface area (Å²) in [5.74, 6) is 0. The van der Waals surface area contributed by atoms with Gasteiger partial charge < -0.3 is 15.0 Å². The largest absolute Gasteiger partial charge is 0.383 e. The van der Waals surface area contributed by atoms with E-state index in [0.717, 1.165) is 25.8 Å². The maximum absolute atomic E-state index is 12.4. The third-order valence-corrected chi connectivity index (χ3v) is 5.44. The molecule has 0 aromatic heterocycles. The van der Waals surface area contributed by atoms with Gasteiger partial charge in [0.15, 0.2) is 0 Å². The van der Waals surface area contributed by atoms with Gasteiger partial charge >= 0.3 is 0 Å². The zero-order valence-corrected chi connectivity index (χ0v) is 14.3. The second kappa shape index (κ2) is 9.70. The van der Waals surface area contributed by atoms with Crippen LogP contribution in [-0.2, 0) is 14.9 Å². The molecule has 0 aromatic rings. The topological polar surface area (TPSA) is 73.9 Å². The Labute approximate surface area is 129 Å². The maximum atomic E-state index is 12.4. The molecule has 1 aliphatic rings. The van der Waals surface area contributed by atoms with Gasteiger partial charge in [-0.25, -0.2) is 4.72 Å². The summed E-state index contributed by atoms with van der Waals surface area (Å²) in [6.07, 6.45) is 2.96. The Morgan fingerprint density at radius 2 is 2.10 bits per heavy atom. The molecule has 2 N–H and O–H groups in total. The summed E-state index contributed by atoms with van der Waals surface area (Å²) < 4.78 is 34.1. The first-order chi connectivity index (χ1) is 10.0. The second-order valence-corrected chi connectivity index (χ2v) is 7.22. The fraction of sp³-hybridized carbons (Fsp3) is 1.00. The monoisotopic (exact) mass is 322 g/mol. The number of piperidine rings is 1. The first-order valence-electron chi connectivity index (χ1n) is 7.59. The molecule has 0 aliphatic carbocycles. The highest BCUT2D eigenvalue weighted by atomic mass is 32.2. The van der Waals surface area contributed by atoms with Crippen LogP contribution < -0.4 is 10.0 Å². The summed E-state index contributed by atoms with van der Waals surface area (Å²) in [5, 5.41) is 3.08. The van der Waals surface area contributed by atoms with Crippen molar-refractivity contribution in [1.82, 2.24) is 19.2 Å². The highest BCUT2D eigenvalue weighted by Crippen LogP contribution is 2.19. The predicted octanol–water partition coefficient (Wildman–Crippen LogP) is -0.527. The van der Waals surface area contributed by atoms with Crippen LogP contribution in [-0.4, -0.2) is 84.2 Å². The first kappa shape index (κ1) is 18.8. The van der Waals surface area contributed by atoms with Crippen LogP contribution in [0.5, 0.6) is 0 Å². The molecule has 0 aromatic carbocycles. The molecule has 8 heteroatoms. The molecule has 0 spiro atoms. The Balaban J connectivity index is 2.43. The van der Waals surface area contributed by atoms with Crippen molar-refractivity contribution in [3.05, 3.63) is 0 Å². The van der Waals surface area contributed by atoms with E-state index in [1.54, 1.807) is 11.4 Å². The smallest absolute Gasteiger partial charge is 0.279 e. The summed E-state index contributed by atoms with van der Waals surface area (Å²) in [6, 6.07) is 0.0625. The van der Waals surface area contributed by atoms with E-state index in [2.05, 4.69) is 10.0 Å². The lowest BCUT2D eigenvalue weighted by Crippen LogP contribution is -2.52. The fourth-order valence-corrected chi connectivity index (χ4v) is 3.99. The van der Waals surface area contributed by atoms with Crippen LogP contribution >= 0.6 is 0 Å². The second-order valence-electron chi connectivity index (χ2n) is 5.51. The number of likely N-dealkylation sites (N-methyl/N-ethyl adjacent to an activating group) is 2. The zero-order chi connectivity index (χ0) is 15.7. The SMILES string of the molecule is CNCC1CCCCN1S(=O)(=O)NCCN(C)CCOC. The van der Waals surface area contributed by atoms with Crippen LogP contribution in [0.2, 0.25) is 0 Å². The van der Waals surface area contributed by atoms with Gasteiger partial charge in [-0.05, 0) is 26.9 Å². The Hall–Kier alpha value is -0.250. The van der Waals surface area contributed by atoms with Crippen molar-refractivity contribution in [3.63, 3.8) is 0 Å². The van der Waals surface area contributed by atoms with Crippen LogP contribution in [0.15, 0.2) is 0 Å². The van der Waals surface area contributed by atoms with Crippen molar-refractivity contribution in [3.8, 4) is 0 Å². The van der Waals surface area contributed by atoms with Crippen LogP contribution in [0.3, 0.4) is 0 Å². The zero-order valence-electron chi connectivity index (χ0n) is 13.5. The van der Waals surface area contributed by atoms with E-state index >= 15 is 0 Å². The van der Waals surface area contributed by atoms with Crippen molar-refractivity contribution < 1.29 is 13.2 Å². The van der Waals surface area contributed by atoms with Crippen LogP contribution in [0.4, 0.5) is 0 Å². The van der Waals surface area contributed by atoms with Gasteiger partial charge in [-0.1, -0.05) is 6.42 Å². The molecule has 0 bridgehead atoms. The van der Waals surface area contributed by atoms with E-state index < -0.39 is 10.2 Å². The van der Waals surface area contributed by atoms with E-state index in [0.29, 0.717) is 32.8 Å². The summed E-state index contributed by atoms with van der Waals surface area (Å²) >= 11 is 0. The fourth-order valence-electron chi connectivity index (χ4n) is 2.54. The van der Waals surface area contributed by atoms with Crippen LogP contribution in [0.25, 0.3) is 0 Å². The lowest BCUT2D eigenvalue weighted by atomic mass is 10.1. The minimum Gasteiger partial charge on any atom is -0.383 e. The molecule has 1 fully saturated rings. The van der Waals surface area contributed by atoms with Crippen molar-refractivity contribution in [2.75, 3.05) is 60.5 Å².